The van der Waals surface area contributed by atoms with E-state index in [1.54, 1.807) is 30.3 Å². The number of hydrogen-bond donors (Lipinski definition) is 0. The molecule has 3 rings (SSSR count). The van der Waals surface area contributed by atoms with E-state index >= 15 is 0 Å². The summed E-state index contributed by atoms with van der Waals surface area (Å²) < 4.78 is 51.9. The first-order chi connectivity index (χ1) is 12.8. The standard InChI is InChI=1S/C17H19BrN2O4S3/c18-14-3-5-15(6-4-14)26(21,22)12-11-25-17-8-7-16(13-19-17)27(23,24)20-9-1-2-10-20/h3-8,13H,1-2,9-12H2. The monoisotopic (exact) mass is 490 g/mol. The van der Waals surface area contributed by atoms with Crippen molar-refractivity contribution >= 4 is 47.6 Å². The molecule has 0 spiro atoms. The maximum atomic E-state index is 12.5. The van der Waals surface area contributed by atoms with Crippen molar-refractivity contribution in [2.75, 3.05) is 24.6 Å². The van der Waals surface area contributed by atoms with Gasteiger partial charge in [-0.05, 0) is 49.2 Å². The van der Waals surface area contributed by atoms with Crippen LogP contribution in [0.25, 0.3) is 0 Å². The SMILES string of the molecule is O=S(=O)(CCSc1ccc(S(=O)(=O)N2CCCC2)cn1)c1ccc(Br)cc1. The van der Waals surface area contributed by atoms with Crippen molar-refractivity contribution in [3.63, 3.8) is 0 Å². The Morgan fingerprint density at radius 1 is 0.963 bits per heavy atom. The van der Waals surface area contributed by atoms with E-state index in [4.69, 9.17) is 0 Å². The maximum Gasteiger partial charge on any atom is 0.244 e. The summed E-state index contributed by atoms with van der Waals surface area (Å²) in [4.78, 5) is 4.64. The summed E-state index contributed by atoms with van der Waals surface area (Å²) in [6.45, 7) is 1.10. The minimum absolute atomic E-state index is 0.0190. The van der Waals surface area contributed by atoms with Crippen molar-refractivity contribution in [3.05, 3.63) is 47.1 Å². The van der Waals surface area contributed by atoms with Crippen LogP contribution in [-0.4, -0.2) is 50.7 Å². The van der Waals surface area contributed by atoms with Crippen LogP contribution in [-0.2, 0) is 19.9 Å². The van der Waals surface area contributed by atoms with Crippen LogP contribution in [0.4, 0.5) is 0 Å². The first kappa shape index (κ1) is 20.8. The van der Waals surface area contributed by atoms with Gasteiger partial charge in [-0.1, -0.05) is 15.9 Å². The summed E-state index contributed by atoms with van der Waals surface area (Å²) in [5, 5.41) is 0.598. The van der Waals surface area contributed by atoms with E-state index < -0.39 is 19.9 Å². The minimum atomic E-state index is -3.48. The number of hydrogen-bond acceptors (Lipinski definition) is 6. The van der Waals surface area contributed by atoms with Gasteiger partial charge in [-0.3, -0.25) is 0 Å². The molecule has 1 aliphatic rings. The molecule has 0 amide bonds. The third-order valence-corrected chi connectivity index (χ3v) is 9.53. The molecule has 2 aromatic rings. The average molecular weight is 491 g/mol. The molecule has 6 nitrogen and oxygen atoms in total. The van der Waals surface area contributed by atoms with Crippen LogP contribution in [0.15, 0.2) is 61.9 Å². The Kier molecular flexibility index (Phi) is 6.62. The molecule has 1 aromatic carbocycles. The fourth-order valence-corrected chi connectivity index (χ4v) is 6.92. The summed E-state index contributed by atoms with van der Waals surface area (Å²) in [6.07, 6.45) is 3.11. The number of pyridine rings is 1. The van der Waals surface area contributed by atoms with Gasteiger partial charge < -0.3 is 0 Å². The number of thioether (sulfide) groups is 1. The van der Waals surface area contributed by atoms with E-state index in [1.807, 2.05) is 0 Å². The third-order valence-electron chi connectivity index (χ3n) is 4.19. The summed E-state index contributed by atoms with van der Waals surface area (Å²) in [7, 11) is -6.84. The number of rotatable bonds is 7. The fraction of sp³-hybridized carbons (Fsp3) is 0.353. The van der Waals surface area contributed by atoms with Crippen molar-refractivity contribution in [2.45, 2.75) is 27.7 Å². The molecule has 0 saturated carbocycles. The molecule has 1 saturated heterocycles. The lowest BCUT2D eigenvalue weighted by atomic mass is 10.4. The van der Waals surface area contributed by atoms with Gasteiger partial charge in [-0.2, -0.15) is 4.31 Å². The smallest absolute Gasteiger partial charge is 0.244 e. The zero-order valence-electron chi connectivity index (χ0n) is 14.4. The van der Waals surface area contributed by atoms with E-state index in [9.17, 15) is 16.8 Å². The van der Waals surface area contributed by atoms with Gasteiger partial charge in [0.25, 0.3) is 0 Å². The molecule has 0 N–H and O–H groups in total. The highest BCUT2D eigenvalue weighted by molar-refractivity contribution is 9.10. The van der Waals surface area contributed by atoms with Crippen molar-refractivity contribution in [2.24, 2.45) is 0 Å². The third kappa shape index (κ3) is 5.11. The van der Waals surface area contributed by atoms with Crippen LogP contribution in [0.5, 0.6) is 0 Å². The molecule has 0 bridgehead atoms. The zero-order chi connectivity index (χ0) is 19.5. The van der Waals surface area contributed by atoms with Crippen LogP contribution in [0.1, 0.15) is 12.8 Å². The Hall–Kier alpha value is -0.940. The van der Waals surface area contributed by atoms with Crippen LogP contribution >= 0.6 is 27.7 Å². The second kappa shape index (κ2) is 8.60. The predicted molar refractivity (Wildman–Crippen MR) is 109 cm³/mol. The molecule has 0 atom stereocenters. The summed E-state index contributed by atoms with van der Waals surface area (Å²) in [5.41, 5.74) is 0. The second-order valence-electron chi connectivity index (χ2n) is 6.06. The highest BCUT2D eigenvalue weighted by Gasteiger charge is 2.27. The normalized spacial score (nSPS) is 15.9. The first-order valence-electron chi connectivity index (χ1n) is 8.36. The van der Waals surface area contributed by atoms with Gasteiger partial charge in [-0.15, -0.1) is 11.8 Å². The number of halogens is 1. The summed E-state index contributed by atoms with van der Waals surface area (Å²) >= 11 is 4.57. The Labute approximate surface area is 172 Å². The van der Waals surface area contributed by atoms with Crippen LogP contribution in [0.3, 0.4) is 0 Å². The molecule has 10 heteroatoms. The van der Waals surface area contributed by atoms with Crippen LogP contribution in [0, 0.1) is 0 Å². The minimum Gasteiger partial charge on any atom is -0.249 e. The highest BCUT2D eigenvalue weighted by atomic mass is 79.9. The van der Waals surface area contributed by atoms with Gasteiger partial charge in [0.15, 0.2) is 9.84 Å². The van der Waals surface area contributed by atoms with Crippen molar-refractivity contribution in [1.29, 1.82) is 0 Å². The Balaban J connectivity index is 1.59. The first-order valence-corrected chi connectivity index (χ1v) is 13.2. The molecule has 0 radical (unpaired) electrons. The number of benzene rings is 1. The number of sulfone groups is 1. The Bertz CT molecular complexity index is 985. The molecule has 1 fully saturated rings. The molecule has 27 heavy (non-hydrogen) atoms. The average Bonchev–Trinajstić information content (AvgIpc) is 3.18. The van der Waals surface area contributed by atoms with Crippen LogP contribution < -0.4 is 0 Å². The second-order valence-corrected chi connectivity index (χ2v) is 12.1. The van der Waals surface area contributed by atoms with Crippen molar-refractivity contribution < 1.29 is 16.8 Å². The fourth-order valence-electron chi connectivity index (χ4n) is 2.70. The Morgan fingerprint density at radius 3 is 2.19 bits per heavy atom. The van der Waals surface area contributed by atoms with E-state index in [2.05, 4.69) is 20.9 Å². The zero-order valence-corrected chi connectivity index (χ0v) is 18.4. The van der Waals surface area contributed by atoms with Gasteiger partial charge in [0.2, 0.25) is 10.0 Å². The summed E-state index contributed by atoms with van der Waals surface area (Å²) in [6, 6.07) is 9.69. The number of sulfonamides is 1. The van der Waals surface area contributed by atoms with Gasteiger partial charge in [0, 0.05) is 29.5 Å². The maximum absolute atomic E-state index is 12.5. The largest absolute Gasteiger partial charge is 0.249 e. The van der Waals surface area contributed by atoms with Gasteiger partial charge >= 0.3 is 0 Å². The van der Waals surface area contributed by atoms with E-state index in [0.29, 0.717) is 23.9 Å². The Morgan fingerprint density at radius 2 is 1.59 bits per heavy atom. The quantitative estimate of drug-likeness (QED) is 0.554. The molecular weight excluding hydrogens is 472 g/mol. The van der Waals surface area contributed by atoms with Crippen LogP contribution in [0.2, 0.25) is 0 Å². The topological polar surface area (TPSA) is 84.4 Å². The molecule has 0 unspecified atom stereocenters. The van der Waals surface area contributed by atoms with E-state index in [0.717, 1.165) is 17.3 Å². The lowest BCUT2D eigenvalue weighted by Gasteiger charge is -2.15. The lowest BCUT2D eigenvalue weighted by Crippen LogP contribution is -2.27. The molecule has 146 valence electrons. The van der Waals surface area contributed by atoms with Gasteiger partial charge in [-0.25, -0.2) is 21.8 Å². The summed E-state index contributed by atoms with van der Waals surface area (Å²) in [5.74, 6) is 0.318. The van der Waals surface area contributed by atoms with E-state index in [-0.39, 0.29) is 15.5 Å². The van der Waals surface area contributed by atoms with Gasteiger partial charge in [0.1, 0.15) is 4.90 Å². The molecule has 0 aliphatic carbocycles. The number of nitrogens with zero attached hydrogens (tertiary/aromatic N) is 2. The molecule has 2 heterocycles. The molecular formula is C17H19BrN2O4S3. The molecule has 1 aromatic heterocycles. The van der Waals surface area contributed by atoms with Gasteiger partial charge in [0.05, 0.1) is 15.7 Å². The predicted octanol–water partition coefficient (Wildman–Crippen LogP) is 3.19. The highest BCUT2D eigenvalue weighted by Crippen LogP contribution is 2.23. The number of aromatic nitrogens is 1. The van der Waals surface area contributed by atoms with Crippen molar-refractivity contribution in [1.82, 2.24) is 9.29 Å². The van der Waals surface area contributed by atoms with E-state index in [1.165, 1.54) is 28.3 Å². The lowest BCUT2D eigenvalue weighted by molar-refractivity contribution is 0.477. The van der Waals surface area contributed by atoms with Crippen molar-refractivity contribution in [3.8, 4) is 0 Å². The molecule has 1 aliphatic heterocycles.